The van der Waals surface area contributed by atoms with Crippen molar-refractivity contribution in [1.82, 2.24) is 14.9 Å². The summed E-state index contributed by atoms with van der Waals surface area (Å²) in [5, 5.41) is 0.390. The summed E-state index contributed by atoms with van der Waals surface area (Å²) >= 11 is 5.95. The van der Waals surface area contributed by atoms with E-state index in [1.54, 1.807) is 6.07 Å². The first-order valence-electron chi connectivity index (χ1n) is 7.70. The molecule has 0 spiro atoms. The molecule has 1 aliphatic heterocycles. The molecule has 120 valence electrons. The van der Waals surface area contributed by atoms with E-state index in [0.29, 0.717) is 5.15 Å². The monoisotopic (exact) mass is 329 g/mol. The number of hydrogen-bond donors (Lipinski definition) is 1. The van der Waals surface area contributed by atoms with Crippen molar-refractivity contribution in [2.45, 2.75) is 0 Å². The van der Waals surface area contributed by atoms with E-state index >= 15 is 0 Å². The molecule has 2 heterocycles. The molecule has 0 aliphatic carbocycles. The fourth-order valence-electron chi connectivity index (χ4n) is 2.65. The number of piperazine rings is 1. The molecule has 5 nitrogen and oxygen atoms in total. The topological polar surface area (TPSA) is 58.3 Å². The zero-order chi connectivity index (χ0) is 16.1. The van der Waals surface area contributed by atoms with Gasteiger partial charge in [0.1, 0.15) is 11.0 Å². The number of rotatable bonds is 4. The minimum absolute atomic E-state index is 0.223. The van der Waals surface area contributed by atoms with Crippen LogP contribution in [-0.4, -0.2) is 47.6 Å². The number of aromatic nitrogens is 2. The normalized spacial score (nSPS) is 16.1. The van der Waals surface area contributed by atoms with Crippen LogP contribution in [0.1, 0.15) is 5.56 Å². The molecule has 1 saturated heterocycles. The zero-order valence-electron chi connectivity index (χ0n) is 12.9. The zero-order valence-corrected chi connectivity index (χ0v) is 13.7. The van der Waals surface area contributed by atoms with E-state index < -0.39 is 0 Å². The van der Waals surface area contributed by atoms with Gasteiger partial charge in [-0.1, -0.05) is 54.1 Å². The van der Waals surface area contributed by atoms with Crippen LogP contribution >= 0.6 is 11.6 Å². The Balaban J connectivity index is 1.51. The largest absolute Gasteiger partial charge is 0.368 e. The lowest BCUT2D eigenvalue weighted by molar-refractivity contribution is 0.283. The lowest BCUT2D eigenvalue weighted by Gasteiger charge is -2.34. The number of benzene rings is 1. The number of nitrogens with two attached hydrogens (primary N) is 1. The molecule has 0 radical (unpaired) electrons. The maximum absolute atomic E-state index is 5.95. The Kier molecular flexibility index (Phi) is 5.10. The highest BCUT2D eigenvalue weighted by molar-refractivity contribution is 6.29. The van der Waals surface area contributed by atoms with Gasteiger partial charge in [-0.05, 0) is 5.56 Å². The van der Waals surface area contributed by atoms with Crippen molar-refractivity contribution in [2.75, 3.05) is 43.4 Å². The molecule has 2 N–H and O–H groups in total. The van der Waals surface area contributed by atoms with E-state index in [4.69, 9.17) is 17.3 Å². The average Bonchev–Trinajstić information content (AvgIpc) is 2.56. The van der Waals surface area contributed by atoms with E-state index in [-0.39, 0.29) is 5.95 Å². The molecule has 1 aliphatic rings. The Labute approximate surface area is 141 Å². The van der Waals surface area contributed by atoms with E-state index in [9.17, 15) is 0 Å². The molecule has 3 rings (SSSR count). The van der Waals surface area contributed by atoms with Gasteiger partial charge in [0.05, 0.1) is 0 Å². The van der Waals surface area contributed by atoms with Crippen molar-refractivity contribution < 1.29 is 0 Å². The third-order valence-electron chi connectivity index (χ3n) is 3.87. The molecule has 1 aromatic heterocycles. The van der Waals surface area contributed by atoms with Gasteiger partial charge in [-0.3, -0.25) is 4.90 Å². The van der Waals surface area contributed by atoms with Crippen LogP contribution in [0, 0.1) is 0 Å². The van der Waals surface area contributed by atoms with Crippen molar-refractivity contribution in [2.24, 2.45) is 0 Å². The molecule has 0 unspecified atom stereocenters. The van der Waals surface area contributed by atoms with Crippen LogP contribution in [-0.2, 0) is 0 Å². The third kappa shape index (κ3) is 4.43. The van der Waals surface area contributed by atoms with E-state index in [0.717, 1.165) is 38.5 Å². The quantitative estimate of drug-likeness (QED) is 0.874. The predicted molar refractivity (Wildman–Crippen MR) is 95.6 cm³/mol. The molecule has 1 aromatic carbocycles. The van der Waals surface area contributed by atoms with Gasteiger partial charge in [-0.2, -0.15) is 4.98 Å². The maximum atomic E-state index is 5.95. The molecular formula is C17H20ClN5. The smallest absolute Gasteiger partial charge is 0.223 e. The third-order valence-corrected chi connectivity index (χ3v) is 4.06. The van der Waals surface area contributed by atoms with Gasteiger partial charge in [0, 0.05) is 38.8 Å². The summed E-state index contributed by atoms with van der Waals surface area (Å²) in [6, 6.07) is 12.1. The van der Waals surface area contributed by atoms with Gasteiger partial charge in [0.25, 0.3) is 0 Å². The highest BCUT2D eigenvalue weighted by Crippen LogP contribution is 2.18. The van der Waals surface area contributed by atoms with Gasteiger partial charge >= 0.3 is 0 Å². The second-order valence-corrected chi connectivity index (χ2v) is 5.90. The summed E-state index contributed by atoms with van der Waals surface area (Å²) in [6.45, 7) is 4.74. The lowest BCUT2D eigenvalue weighted by Crippen LogP contribution is -2.46. The molecule has 6 heteroatoms. The second kappa shape index (κ2) is 7.44. The Morgan fingerprint density at radius 1 is 1.09 bits per heavy atom. The summed E-state index contributed by atoms with van der Waals surface area (Å²) in [4.78, 5) is 12.8. The summed E-state index contributed by atoms with van der Waals surface area (Å²) in [6.07, 6.45) is 4.38. The van der Waals surface area contributed by atoms with Crippen molar-refractivity contribution >= 4 is 29.4 Å². The molecule has 0 atom stereocenters. The molecule has 2 aromatic rings. The van der Waals surface area contributed by atoms with Crippen LogP contribution < -0.4 is 10.6 Å². The summed E-state index contributed by atoms with van der Waals surface area (Å²) < 4.78 is 0. The fraction of sp³-hybridized carbons (Fsp3) is 0.294. The van der Waals surface area contributed by atoms with Crippen LogP contribution in [0.2, 0.25) is 5.15 Å². The average molecular weight is 330 g/mol. The first kappa shape index (κ1) is 15.8. The summed E-state index contributed by atoms with van der Waals surface area (Å²) in [5.74, 6) is 1.03. The SMILES string of the molecule is Nc1nc(Cl)cc(N2CCN(CC=Cc3ccccc3)CC2)n1. The Hall–Kier alpha value is -2.11. The number of halogens is 1. The van der Waals surface area contributed by atoms with Gasteiger partial charge in [-0.25, -0.2) is 4.98 Å². The van der Waals surface area contributed by atoms with Crippen LogP contribution in [0.25, 0.3) is 6.08 Å². The highest BCUT2D eigenvalue weighted by atomic mass is 35.5. The van der Waals surface area contributed by atoms with Crippen LogP contribution in [0.3, 0.4) is 0 Å². The van der Waals surface area contributed by atoms with Crippen molar-refractivity contribution in [3.8, 4) is 0 Å². The van der Waals surface area contributed by atoms with Gasteiger partial charge in [0.15, 0.2) is 0 Å². The van der Waals surface area contributed by atoms with Crippen LogP contribution in [0.15, 0.2) is 42.5 Å². The number of anilines is 2. The molecule has 0 bridgehead atoms. The van der Waals surface area contributed by atoms with Gasteiger partial charge in [0.2, 0.25) is 5.95 Å². The van der Waals surface area contributed by atoms with Crippen molar-refractivity contribution in [3.05, 3.63) is 53.2 Å². The molecule has 1 fully saturated rings. The van der Waals surface area contributed by atoms with Gasteiger partial charge in [-0.15, -0.1) is 0 Å². The lowest BCUT2D eigenvalue weighted by atomic mass is 10.2. The van der Waals surface area contributed by atoms with Crippen molar-refractivity contribution in [1.29, 1.82) is 0 Å². The van der Waals surface area contributed by atoms with E-state index in [1.807, 2.05) is 6.07 Å². The standard InChI is InChI=1S/C17H20ClN5/c18-15-13-16(21-17(19)20-15)23-11-9-22(10-12-23)8-4-7-14-5-2-1-3-6-14/h1-7,13H,8-12H2,(H2,19,20,21). The maximum Gasteiger partial charge on any atom is 0.223 e. The second-order valence-electron chi connectivity index (χ2n) is 5.51. The Morgan fingerprint density at radius 3 is 2.52 bits per heavy atom. The van der Waals surface area contributed by atoms with Crippen molar-refractivity contribution in [3.63, 3.8) is 0 Å². The van der Waals surface area contributed by atoms with E-state index in [1.165, 1.54) is 5.56 Å². The van der Waals surface area contributed by atoms with E-state index in [2.05, 4.69) is 56.2 Å². The minimum Gasteiger partial charge on any atom is -0.368 e. The number of nitrogens with zero attached hydrogens (tertiary/aromatic N) is 4. The fourth-order valence-corrected chi connectivity index (χ4v) is 2.83. The predicted octanol–water partition coefficient (Wildman–Crippen LogP) is 2.55. The van der Waals surface area contributed by atoms with Gasteiger partial charge < -0.3 is 10.6 Å². The first-order valence-corrected chi connectivity index (χ1v) is 8.07. The molecule has 0 amide bonds. The Morgan fingerprint density at radius 2 is 1.83 bits per heavy atom. The highest BCUT2D eigenvalue weighted by Gasteiger charge is 2.18. The summed E-state index contributed by atoms with van der Waals surface area (Å²) in [5.41, 5.74) is 6.90. The molecular weight excluding hydrogens is 310 g/mol. The van der Waals surface area contributed by atoms with Crippen LogP contribution in [0.4, 0.5) is 11.8 Å². The molecule has 23 heavy (non-hydrogen) atoms. The van der Waals surface area contributed by atoms with Crippen LogP contribution in [0.5, 0.6) is 0 Å². The first-order chi connectivity index (χ1) is 11.2. The minimum atomic E-state index is 0.223. The number of hydrogen-bond acceptors (Lipinski definition) is 5. The Bertz CT molecular complexity index is 646. The number of nitrogen functional groups attached to an aromatic ring is 1. The molecule has 0 saturated carbocycles. The summed E-state index contributed by atoms with van der Waals surface area (Å²) in [7, 11) is 0.